The van der Waals surface area contributed by atoms with Crippen LogP contribution >= 0.6 is 0 Å². The minimum Gasteiger partial charge on any atom is -0.311 e. The van der Waals surface area contributed by atoms with Crippen molar-refractivity contribution >= 4 is 0 Å². The molecule has 2 unspecified atom stereocenters. The van der Waals surface area contributed by atoms with Crippen molar-refractivity contribution in [1.82, 2.24) is 10.2 Å². The van der Waals surface area contributed by atoms with E-state index in [4.69, 9.17) is 0 Å². The van der Waals surface area contributed by atoms with E-state index in [1.165, 1.54) is 51.4 Å². The van der Waals surface area contributed by atoms with Crippen LogP contribution in [-0.2, 0) is 0 Å². The van der Waals surface area contributed by atoms with Crippen molar-refractivity contribution in [1.29, 1.82) is 0 Å². The van der Waals surface area contributed by atoms with E-state index in [0.29, 0.717) is 0 Å². The predicted octanol–water partition coefficient (Wildman–Crippen LogP) is 2.39. The highest BCUT2D eigenvalue weighted by Gasteiger charge is 2.25. The first-order valence-corrected chi connectivity index (χ1v) is 6.68. The smallest absolute Gasteiger partial charge is 0.0104 e. The molecular formula is C13H26N2. The Morgan fingerprint density at radius 2 is 1.53 bits per heavy atom. The summed E-state index contributed by atoms with van der Waals surface area (Å²) in [6.45, 7) is 0. The topological polar surface area (TPSA) is 15.3 Å². The first-order valence-electron chi connectivity index (χ1n) is 6.68. The number of hydrogen-bond donors (Lipinski definition) is 1. The molecule has 0 saturated heterocycles. The molecule has 2 aliphatic carbocycles. The van der Waals surface area contributed by atoms with Gasteiger partial charge in [-0.15, -0.1) is 0 Å². The maximum Gasteiger partial charge on any atom is 0.0104 e. The Kier molecular flexibility index (Phi) is 4.04. The standard InChI is InChI=1S/C13H26N2/c1-15(2)13-9-5-8-12(10-13)14-11-6-3-4-7-11/h11-14H,3-10H2,1-2H3. The SMILES string of the molecule is CN(C)C1CCCC(NC2CCCC2)C1. The lowest BCUT2D eigenvalue weighted by atomic mass is 9.90. The molecule has 2 heteroatoms. The fourth-order valence-electron chi connectivity index (χ4n) is 3.21. The molecule has 2 fully saturated rings. The molecule has 0 aromatic carbocycles. The van der Waals surface area contributed by atoms with Crippen LogP contribution in [0.15, 0.2) is 0 Å². The molecule has 2 aliphatic rings. The van der Waals surface area contributed by atoms with Crippen molar-refractivity contribution in [2.24, 2.45) is 0 Å². The summed E-state index contributed by atoms with van der Waals surface area (Å²) < 4.78 is 0. The molecule has 0 spiro atoms. The lowest BCUT2D eigenvalue weighted by molar-refractivity contribution is 0.192. The summed E-state index contributed by atoms with van der Waals surface area (Å²) in [5.74, 6) is 0. The summed E-state index contributed by atoms with van der Waals surface area (Å²) in [7, 11) is 4.45. The zero-order valence-corrected chi connectivity index (χ0v) is 10.3. The zero-order valence-electron chi connectivity index (χ0n) is 10.3. The number of nitrogens with zero attached hydrogens (tertiary/aromatic N) is 1. The Morgan fingerprint density at radius 1 is 0.867 bits per heavy atom. The third-order valence-corrected chi connectivity index (χ3v) is 4.20. The molecule has 2 atom stereocenters. The van der Waals surface area contributed by atoms with Crippen LogP contribution in [-0.4, -0.2) is 37.1 Å². The molecule has 0 heterocycles. The molecule has 0 aromatic heterocycles. The highest BCUT2D eigenvalue weighted by Crippen LogP contribution is 2.25. The fraction of sp³-hybridized carbons (Fsp3) is 1.00. The van der Waals surface area contributed by atoms with Crippen LogP contribution in [0.3, 0.4) is 0 Å². The maximum absolute atomic E-state index is 3.88. The van der Waals surface area contributed by atoms with Gasteiger partial charge in [-0.3, -0.25) is 0 Å². The Bertz CT molecular complexity index is 183. The normalized spacial score (nSPS) is 33.8. The molecule has 0 amide bonds. The molecule has 2 nitrogen and oxygen atoms in total. The molecule has 0 aromatic rings. The molecular weight excluding hydrogens is 184 g/mol. The van der Waals surface area contributed by atoms with Crippen LogP contribution in [0.2, 0.25) is 0 Å². The minimum absolute atomic E-state index is 0.800. The van der Waals surface area contributed by atoms with Crippen molar-refractivity contribution in [2.45, 2.75) is 69.5 Å². The average molecular weight is 210 g/mol. The van der Waals surface area contributed by atoms with E-state index in [1.54, 1.807) is 0 Å². The first-order chi connectivity index (χ1) is 7.25. The van der Waals surface area contributed by atoms with E-state index >= 15 is 0 Å². The van der Waals surface area contributed by atoms with Crippen molar-refractivity contribution in [2.75, 3.05) is 14.1 Å². The van der Waals surface area contributed by atoms with Crippen LogP contribution < -0.4 is 5.32 Å². The highest BCUT2D eigenvalue weighted by atomic mass is 15.1. The van der Waals surface area contributed by atoms with Gasteiger partial charge >= 0.3 is 0 Å². The molecule has 88 valence electrons. The fourth-order valence-corrected chi connectivity index (χ4v) is 3.21. The monoisotopic (exact) mass is 210 g/mol. The molecule has 0 bridgehead atoms. The molecule has 1 N–H and O–H groups in total. The highest BCUT2D eigenvalue weighted by molar-refractivity contribution is 4.85. The number of hydrogen-bond acceptors (Lipinski definition) is 2. The Labute approximate surface area is 94.4 Å². The lowest BCUT2D eigenvalue weighted by Crippen LogP contribution is -2.44. The van der Waals surface area contributed by atoms with Crippen LogP contribution in [0, 0.1) is 0 Å². The second-order valence-electron chi connectivity index (χ2n) is 5.63. The second-order valence-corrected chi connectivity index (χ2v) is 5.63. The molecule has 0 aliphatic heterocycles. The summed E-state index contributed by atoms with van der Waals surface area (Å²) in [4.78, 5) is 2.41. The third kappa shape index (κ3) is 3.18. The zero-order chi connectivity index (χ0) is 10.7. The number of nitrogens with one attached hydrogen (secondary N) is 1. The van der Waals surface area contributed by atoms with Gasteiger partial charge in [-0.05, 0) is 46.2 Å². The summed E-state index contributed by atoms with van der Waals surface area (Å²) in [6, 6.07) is 2.46. The van der Waals surface area contributed by atoms with Gasteiger partial charge in [0.05, 0.1) is 0 Å². The van der Waals surface area contributed by atoms with E-state index in [1.807, 2.05) is 0 Å². The predicted molar refractivity (Wildman–Crippen MR) is 65.1 cm³/mol. The largest absolute Gasteiger partial charge is 0.311 e. The summed E-state index contributed by atoms with van der Waals surface area (Å²) >= 11 is 0. The van der Waals surface area contributed by atoms with Crippen molar-refractivity contribution < 1.29 is 0 Å². The first kappa shape index (κ1) is 11.4. The van der Waals surface area contributed by atoms with Gasteiger partial charge in [-0.1, -0.05) is 19.3 Å². The van der Waals surface area contributed by atoms with Gasteiger partial charge in [0.15, 0.2) is 0 Å². The van der Waals surface area contributed by atoms with E-state index < -0.39 is 0 Å². The Morgan fingerprint density at radius 3 is 2.20 bits per heavy atom. The van der Waals surface area contributed by atoms with E-state index in [0.717, 1.165) is 18.1 Å². The van der Waals surface area contributed by atoms with Gasteiger partial charge < -0.3 is 10.2 Å². The van der Waals surface area contributed by atoms with Gasteiger partial charge in [0.1, 0.15) is 0 Å². The molecule has 2 rings (SSSR count). The summed E-state index contributed by atoms with van der Waals surface area (Å²) in [6.07, 6.45) is 11.3. The maximum atomic E-state index is 3.88. The summed E-state index contributed by atoms with van der Waals surface area (Å²) in [5, 5.41) is 3.88. The Hall–Kier alpha value is -0.0800. The van der Waals surface area contributed by atoms with Gasteiger partial charge in [-0.25, -0.2) is 0 Å². The lowest BCUT2D eigenvalue weighted by Gasteiger charge is -2.35. The van der Waals surface area contributed by atoms with Gasteiger partial charge in [0.25, 0.3) is 0 Å². The van der Waals surface area contributed by atoms with E-state index in [-0.39, 0.29) is 0 Å². The Balaban J connectivity index is 1.76. The van der Waals surface area contributed by atoms with Crippen LogP contribution in [0.25, 0.3) is 0 Å². The van der Waals surface area contributed by atoms with Crippen LogP contribution in [0.5, 0.6) is 0 Å². The second kappa shape index (κ2) is 5.31. The van der Waals surface area contributed by atoms with Crippen LogP contribution in [0.1, 0.15) is 51.4 Å². The van der Waals surface area contributed by atoms with Gasteiger partial charge in [0, 0.05) is 18.1 Å². The van der Waals surface area contributed by atoms with Gasteiger partial charge in [-0.2, -0.15) is 0 Å². The molecule has 0 radical (unpaired) electrons. The number of rotatable bonds is 3. The van der Waals surface area contributed by atoms with Crippen molar-refractivity contribution in [3.63, 3.8) is 0 Å². The minimum atomic E-state index is 0.800. The van der Waals surface area contributed by atoms with Crippen molar-refractivity contribution in [3.8, 4) is 0 Å². The van der Waals surface area contributed by atoms with E-state index in [2.05, 4.69) is 24.3 Å². The summed E-state index contributed by atoms with van der Waals surface area (Å²) in [5.41, 5.74) is 0. The average Bonchev–Trinajstić information content (AvgIpc) is 2.71. The van der Waals surface area contributed by atoms with E-state index in [9.17, 15) is 0 Å². The quantitative estimate of drug-likeness (QED) is 0.769. The third-order valence-electron chi connectivity index (χ3n) is 4.20. The van der Waals surface area contributed by atoms with Crippen molar-refractivity contribution in [3.05, 3.63) is 0 Å². The van der Waals surface area contributed by atoms with Gasteiger partial charge in [0.2, 0.25) is 0 Å². The molecule has 15 heavy (non-hydrogen) atoms. The molecule has 2 saturated carbocycles. The van der Waals surface area contributed by atoms with Crippen LogP contribution in [0.4, 0.5) is 0 Å².